The highest BCUT2D eigenvalue weighted by atomic mass is 15.3. The lowest BCUT2D eigenvalue weighted by Crippen LogP contribution is -2.19. The van der Waals surface area contributed by atoms with E-state index < -0.39 is 0 Å². The minimum atomic E-state index is 0.483. The molecule has 4 nitrogen and oxygen atoms in total. The second-order valence-electron chi connectivity index (χ2n) is 5.18. The molecule has 0 aliphatic rings. The molecule has 0 atom stereocenters. The minimum Gasteiger partial charge on any atom is -0.327 e. The number of anilines is 2. The first-order valence-corrected chi connectivity index (χ1v) is 7.50. The summed E-state index contributed by atoms with van der Waals surface area (Å²) in [5.41, 5.74) is 11.8. The van der Waals surface area contributed by atoms with Gasteiger partial charge >= 0.3 is 0 Å². The third kappa shape index (κ3) is 2.90. The van der Waals surface area contributed by atoms with Gasteiger partial charge in [-0.15, -0.1) is 5.10 Å². The largest absolute Gasteiger partial charge is 0.327 e. The summed E-state index contributed by atoms with van der Waals surface area (Å²) >= 11 is 0. The zero-order valence-corrected chi connectivity index (χ0v) is 13.3. The molecule has 0 aliphatic carbocycles. The predicted octanol–water partition coefficient (Wildman–Crippen LogP) is 3.14. The van der Waals surface area contributed by atoms with Gasteiger partial charge in [-0.2, -0.15) is 5.10 Å². The molecule has 0 bridgehead atoms. The Kier molecular flexibility index (Phi) is 4.91. The van der Waals surface area contributed by atoms with Gasteiger partial charge in [0.1, 0.15) is 0 Å². The lowest BCUT2D eigenvalue weighted by atomic mass is 10.0. The SMILES string of the molecule is CCc1nnc(N(C)c2ccccc2C)c(CN)c1CC. The van der Waals surface area contributed by atoms with E-state index in [0.29, 0.717) is 6.54 Å². The maximum absolute atomic E-state index is 6.01. The number of nitrogens with zero attached hydrogens (tertiary/aromatic N) is 3. The van der Waals surface area contributed by atoms with E-state index in [1.165, 1.54) is 11.1 Å². The Labute approximate surface area is 127 Å². The van der Waals surface area contributed by atoms with E-state index in [1.54, 1.807) is 0 Å². The van der Waals surface area contributed by atoms with Gasteiger partial charge < -0.3 is 10.6 Å². The second-order valence-corrected chi connectivity index (χ2v) is 5.18. The van der Waals surface area contributed by atoms with Crippen LogP contribution in [0.4, 0.5) is 11.5 Å². The van der Waals surface area contributed by atoms with Crippen LogP contribution in [0.2, 0.25) is 0 Å². The summed E-state index contributed by atoms with van der Waals surface area (Å²) in [4.78, 5) is 2.09. The van der Waals surface area contributed by atoms with Gasteiger partial charge in [-0.05, 0) is 37.0 Å². The predicted molar refractivity (Wildman–Crippen MR) is 87.9 cm³/mol. The number of benzene rings is 1. The average molecular weight is 284 g/mol. The molecule has 4 heteroatoms. The third-order valence-corrected chi connectivity index (χ3v) is 3.94. The highest BCUT2D eigenvalue weighted by molar-refractivity contribution is 5.66. The number of aromatic nitrogens is 2. The van der Waals surface area contributed by atoms with Crippen LogP contribution in [-0.2, 0) is 19.4 Å². The Bertz CT molecular complexity index is 622. The molecule has 0 fully saturated rings. The van der Waals surface area contributed by atoms with E-state index in [4.69, 9.17) is 5.73 Å². The van der Waals surface area contributed by atoms with Gasteiger partial charge in [0.25, 0.3) is 0 Å². The van der Waals surface area contributed by atoms with Crippen molar-refractivity contribution >= 4 is 11.5 Å². The summed E-state index contributed by atoms with van der Waals surface area (Å²) in [7, 11) is 2.02. The first kappa shape index (κ1) is 15.4. The fraction of sp³-hybridized carbons (Fsp3) is 0.412. The molecule has 0 saturated carbocycles. The zero-order chi connectivity index (χ0) is 15.4. The molecule has 0 saturated heterocycles. The third-order valence-electron chi connectivity index (χ3n) is 3.94. The van der Waals surface area contributed by atoms with Crippen molar-refractivity contribution in [1.29, 1.82) is 0 Å². The number of hydrogen-bond acceptors (Lipinski definition) is 4. The Balaban J connectivity index is 2.56. The fourth-order valence-corrected chi connectivity index (χ4v) is 2.78. The van der Waals surface area contributed by atoms with Crippen LogP contribution in [0.5, 0.6) is 0 Å². The van der Waals surface area contributed by atoms with Crippen molar-refractivity contribution < 1.29 is 0 Å². The Morgan fingerprint density at radius 2 is 1.76 bits per heavy atom. The van der Waals surface area contributed by atoms with Crippen LogP contribution in [0.25, 0.3) is 0 Å². The molecule has 2 N–H and O–H groups in total. The van der Waals surface area contributed by atoms with Crippen molar-refractivity contribution in [2.45, 2.75) is 40.2 Å². The molecule has 21 heavy (non-hydrogen) atoms. The first-order valence-electron chi connectivity index (χ1n) is 7.50. The number of rotatable bonds is 5. The Hall–Kier alpha value is -1.94. The number of aryl methyl sites for hydroxylation is 2. The Morgan fingerprint density at radius 1 is 1.05 bits per heavy atom. The van der Waals surface area contributed by atoms with Gasteiger partial charge in [0.2, 0.25) is 0 Å². The van der Waals surface area contributed by atoms with Crippen LogP contribution in [0.15, 0.2) is 24.3 Å². The maximum Gasteiger partial charge on any atom is 0.160 e. The summed E-state index contributed by atoms with van der Waals surface area (Å²) < 4.78 is 0. The quantitative estimate of drug-likeness (QED) is 0.916. The summed E-state index contributed by atoms with van der Waals surface area (Å²) in [5.74, 6) is 0.862. The summed E-state index contributed by atoms with van der Waals surface area (Å²) in [5, 5.41) is 8.85. The number of hydrogen-bond donors (Lipinski definition) is 1. The second kappa shape index (κ2) is 6.68. The van der Waals surface area contributed by atoms with Crippen LogP contribution < -0.4 is 10.6 Å². The molecule has 0 aliphatic heterocycles. The lowest BCUT2D eigenvalue weighted by Gasteiger charge is -2.24. The Morgan fingerprint density at radius 3 is 2.33 bits per heavy atom. The molecule has 0 amide bonds. The lowest BCUT2D eigenvalue weighted by molar-refractivity contribution is 0.832. The number of nitrogens with two attached hydrogens (primary N) is 1. The number of para-hydroxylation sites is 1. The van der Waals surface area contributed by atoms with Gasteiger partial charge in [0.15, 0.2) is 5.82 Å². The van der Waals surface area contributed by atoms with Crippen molar-refractivity contribution in [3.8, 4) is 0 Å². The molecule has 0 spiro atoms. The molecule has 112 valence electrons. The van der Waals surface area contributed by atoms with Crippen LogP contribution >= 0.6 is 0 Å². The first-order chi connectivity index (χ1) is 10.1. The molecule has 2 aromatic rings. The normalized spacial score (nSPS) is 10.7. The summed E-state index contributed by atoms with van der Waals surface area (Å²) in [6.07, 6.45) is 1.82. The van der Waals surface area contributed by atoms with Gasteiger partial charge in [-0.25, -0.2) is 0 Å². The average Bonchev–Trinajstić information content (AvgIpc) is 2.52. The smallest absolute Gasteiger partial charge is 0.160 e. The highest BCUT2D eigenvalue weighted by Gasteiger charge is 2.17. The van der Waals surface area contributed by atoms with Crippen LogP contribution in [0.3, 0.4) is 0 Å². The van der Waals surface area contributed by atoms with Crippen molar-refractivity contribution in [1.82, 2.24) is 10.2 Å². The standard InChI is InChI=1S/C17H24N4/c1-5-13-14(11-18)17(20-19-15(13)6-2)21(4)16-10-8-7-9-12(16)3/h7-10H,5-6,11,18H2,1-4H3. The van der Waals surface area contributed by atoms with Gasteiger partial charge in [0, 0.05) is 24.8 Å². The topological polar surface area (TPSA) is 55.0 Å². The molecular formula is C17H24N4. The van der Waals surface area contributed by atoms with Crippen molar-refractivity contribution in [2.24, 2.45) is 5.73 Å². The van der Waals surface area contributed by atoms with E-state index in [0.717, 1.165) is 35.6 Å². The van der Waals surface area contributed by atoms with E-state index in [-0.39, 0.29) is 0 Å². The summed E-state index contributed by atoms with van der Waals surface area (Å²) in [6.45, 7) is 6.83. The monoisotopic (exact) mass is 284 g/mol. The summed E-state index contributed by atoms with van der Waals surface area (Å²) in [6, 6.07) is 8.27. The van der Waals surface area contributed by atoms with Crippen LogP contribution in [0, 0.1) is 6.92 Å². The van der Waals surface area contributed by atoms with Crippen LogP contribution in [-0.4, -0.2) is 17.2 Å². The molecule has 2 rings (SSSR count). The molecule has 1 aromatic carbocycles. The van der Waals surface area contributed by atoms with Gasteiger partial charge in [-0.1, -0.05) is 32.0 Å². The maximum atomic E-state index is 6.01. The highest BCUT2D eigenvalue weighted by Crippen LogP contribution is 2.29. The fourth-order valence-electron chi connectivity index (χ4n) is 2.78. The van der Waals surface area contributed by atoms with Crippen molar-refractivity contribution in [2.75, 3.05) is 11.9 Å². The molecule has 1 heterocycles. The van der Waals surface area contributed by atoms with Crippen molar-refractivity contribution in [3.63, 3.8) is 0 Å². The van der Waals surface area contributed by atoms with E-state index in [2.05, 4.69) is 48.0 Å². The molecule has 0 radical (unpaired) electrons. The van der Waals surface area contributed by atoms with Crippen LogP contribution in [0.1, 0.15) is 36.2 Å². The molecule has 0 unspecified atom stereocenters. The van der Waals surface area contributed by atoms with Gasteiger partial charge in [0.05, 0.1) is 5.69 Å². The van der Waals surface area contributed by atoms with Gasteiger partial charge in [-0.3, -0.25) is 0 Å². The van der Waals surface area contributed by atoms with Crippen molar-refractivity contribution in [3.05, 3.63) is 46.6 Å². The molecular weight excluding hydrogens is 260 g/mol. The minimum absolute atomic E-state index is 0.483. The van der Waals surface area contributed by atoms with E-state index in [9.17, 15) is 0 Å². The molecule has 1 aromatic heterocycles. The van der Waals surface area contributed by atoms with E-state index >= 15 is 0 Å². The zero-order valence-electron chi connectivity index (χ0n) is 13.3. The van der Waals surface area contributed by atoms with E-state index in [1.807, 2.05) is 19.2 Å².